The molecule has 0 saturated carbocycles. The average molecular weight is 109 g/mol. The SMILES string of the molecule is CC#N.[B+3].[F-].[F-].[F-]. The van der Waals surface area contributed by atoms with Crippen molar-refractivity contribution in [2.75, 3.05) is 0 Å². The molecule has 0 saturated heterocycles. The third kappa shape index (κ3) is 139. The van der Waals surface area contributed by atoms with E-state index in [0.717, 1.165) is 0 Å². The number of hydrogen-bond acceptors (Lipinski definition) is 1. The number of hydrogen-bond donors (Lipinski definition) is 0. The van der Waals surface area contributed by atoms with Crippen LogP contribution < -0.4 is 14.1 Å². The normalized spacial score (nSPS) is 1.14. The number of rotatable bonds is 0. The van der Waals surface area contributed by atoms with Crippen molar-refractivity contribution >= 4 is 8.41 Å². The maximum Gasteiger partial charge on any atom is 3.00 e. The van der Waals surface area contributed by atoms with Gasteiger partial charge in [0.2, 0.25) is 0 Å². The molecule has 0 heterocycles. The van der Waals surface area contributed by atoms with Gasteiger partial charge in [-0.25, -0.2) is 0 Å². The van der Waals surface area contributed by atoms with Gasteiger partial charge in [-0.2, -0.15) is 5.26 Å². The monoisotopic (exact) mass is 109 g/mol. The van der Waals surface area contributed by atoms with E-state index in [1.54, 1.807) is 6.07 Å². The van der Waals surface area contributed by atoms with Crippen LogP contribution in [0.5, 0.6) is 0 Å². The molecule has 40 valence electrons. The Bertz CT molecular complexity index is 34.4. The molecule has 0 aliphatic carbocycles. The minimum atomic E-state index is 0. The second-order valence-electron chi connectivity index (χ2n) is 0.224. The number of nitriles is 1. The van der Waals surface area contributed by atoms with Gasteiger partial charge in [-0.1, -0.05) is 0 Å². The largest absolute Gasteiger partial charge is 3.00 e. The van der Waals surface area contributed by atoms with Crippen molar-refractivity contribution in [3.8, 4) is 6.07 Å². The van der Waals surface area contributed by atoms with Crippen LogP contribution in [-0.2, 0) is 0 Å². The molecule has 0 aromatic rings. The Morgan fingerprint density at radius 3 is 1.14 bits per heavy atom. The van der Waals surface area contributed by atoms with E-state index in [1.165, 1.54) is 6.92 Å². The summed E-state index contributed by atoms with van der Waals surface area (Å²) in [5.74, 6) is 0. The van der Waals surface area contributed by atoms with Crippen LogP contribution in [0, 0.1) is 11.3 Å². The fraction of sp³-hybridized carbons (Fsp3) is 0.500. The third-order valence-corrected chi connectivity index (χ3v) is 0. The molecule has 0 unspecified atom stereocenters. The van der Waals surface area contributed by atoms with Crippen LogP contribution in [0.4, 0.5) is 0 Å². The summed E-state index contributed by atoms with van der Waals surface area (Å²) in [6, 6.07) is 1.75. The fourth-order valence-electron chi connectivity index (χ4n) is 0. The standard InChI is InChI=1S/C2H3N.B.3FH/c1-2-3;;;;/h1H3;;3*1H/q;+3;;;/p-3. The maximum atomic E-state index is 7.32. The van der Waals surface area contributed by atoms with Gasteiger partial charge in [-0.15, -0.1) is 0 Å². The summed E-state index contributed by atoms with van der Waals surface area (Å²) in [4.78, 5) is 0. The quantitative estimate of drug-likeness (QED) is 0.283. The van der Waals surface area contributed by atoms with E-state index < -0.39 is 0 Å². The zero-order chi connectivity index (χ0) is 2.71. The van der Waals surface area contributed by atoms with Crippen LogP contribution in [0.25, 0.3) is 0 Å². The number of halogens is 3. The zero-order valence-electron chi connectivity index (χ0n) is 3.66. The van der Waals surface area contributed by atoms with Crippen LogP contribution in [-0.4, -0.2) is 8.41 Å². The van der Waals surface area contributed by atoms with Gasteiger partial charge in [-0.3, -0.25) is 0 Å². The molecule has 0 aromatic heterocycles. The van der Waals surface area contributed by atoms with Gasteiger partial charge in [0.05, 0.1) is 6.07 Å². The van der Waals surface area contributed by atoms with Crippen molar-refractivity contribution in [2.24, 2.45) is 0 Å². The summed E-state index contributed by atoms with van der Waals surface area (Å²) >= 11 is 0. The first-order valence-electron chi connectivity index (χ1n) is 0.724. The Labute approximate surface area is 42.0 Å². The van der Waals surface area contributed by atoms with Crippen LogP contribution in [0.15, 0.2) is 0 Å². The molecule has 1 nitrogen and oxygen atoms in total. The van der Waals surface area contributed by atoms with Crippen LogP contribution >= 0.6 is 0 Å². The zero-order valence-corrected chi connectivity index (χ0v) is 3.66. The molecule has 0 fully saturated rings. The molecule has 0 radical (unpaired) electrons. The minimum Gasteiger partial charge on any atom is -1.00 e. The van der Waals surface area contributed by atoms with E-state index in [0.29, 0.717) is 0 Å². The second-order valence-corrected chi connectivity index (χ2v) is 0.224. The molecule has 0 atom stereocenters. The van der Waals surface area contributed by atoms with Gasteiger partial charge in [0, 0.05) is 6.92 Å². The first-order chi connectivity index (χ1) is 1.41. The molecule has 0 amide bonds. The van der Waals surface area contributed by atoms with E-state index in [-0.39, 0.29) is 22.5 Å². The van der Waals surface area contributed by atoms with E-state index in [2.05, 4.69) is 0 Å². The Morgan fingerprint density at radius 1 is 1.14 bits per heavy atom. The van der Waals surface area contributed by atoms with Gasteiger partial charge < -0.3 is 14.1 Å². The Hall–Kier alpha value is -0.655. The Kier molecular flexibility index (Phi) is 12100. The van der Waals surface area contributed by atoms with E-state index in [9.17, 15) is 0 Å². The number of nitrogens with zero attached hydrogens (tertiary/aromatic N) is 1. The maximum absolute atomic E-state index is 7.32. The first kappa shape index (κ1) is 100. The van der Waals surface area contributed by atoms with Gasteiger partial charge in [0.25, 0.3) is 0 Å². The van der Waals surface area contributed by atoms with Crippen molar-refractivity contribution in [1.82, 2.24) is 0 Å². The van der Waals surface area contributed by atoms with Crippen LogP contribution in [0.2, 0.25) is 0 Å². The van der Waals surface area contributed by atoms with E-state index in [4.69, 9.17) is 5.26 Å². The summed E-state index contributed by atoms with van der Waals surface area (Å²) in [5.41, 5.74) is 0. The Morgan fingerprint density at radius 2 is 1.14 bits per heavy atom. The molecule has 7 heavy (non-hydrogen) atoms. The predicted octanol–water partition coefficient (Wildman–Crippen LogP) is -8.84. The van der Waals surface area contributed by atoms with Crippen molar-refractivity contribution < 1.29 is 14.1 Å². The van der Waals surface area contributed by atoms with Crippen LogP contribution in [0.1, 0.15) is 6.92 Å². The minimum absolute atomic E-state index is 0. The molecule has 0 bridgehead atoms. The van der Waals surface area contributed by atoms with E-state index in [1.807, 2.05) is 0 Å². The fourth-order valence-corrected chi connectivity index (χ4v) is 0. The average Bonchev–Trinajstić information content (AvgIpc) is 0.918. The molecule has 0 aliphatic heterocycles. The van der Waals surface area contributed by atoms with Gasteiger partial charge in [0.1, 0.15) is 0 Å². The smallest absolute Gasteiger partial charge is 1.00 e. The topological polar surface area (TPSA) is 23.8 Å². The van der Waals surface area contributed by atoms with E-state index >= 15 is 0 Å². The summed E-state index contributed by atoms with van der Waals surface area (Å²) < 4.78 is 0. The predicted molar refractivity (Wildman–Crippen MR) is 17.0 cm³/mol. The second kappa shape index (κ2) is 848. The van der Waals surface area contributed by atoms with Gasteiger partial charge in [0.15, 0.2) is 0 Å². The Balaban J connectivity index is -0.00000000333. The molecule has 0 spiro atoms. The third-order valence-electron chi connectivity index (χ3n) is 0. The van der Waals surface area contributed by atoms with Gasteiger partial charge in [-0.05, 0) is 0 Å². The molecule has 0 N–H and O–H groups in total. The summed E-state index contributed by atoms with van der Waals surface area (Å²) in [6.07, 6.45) is 0. The molecule has 5 heteroatoms. The van der Waals surface area contributed by atoms with Crippen molar-refractivity contribution in [3.63, 3.8) is 0 Å². The van der Waals surface area contributed by atoms with Crippen molar-refractivity contribution in [3.05, 3.63) is 0 Å². The summed E-state index contributed by atoms with van der Waals surface area (Å²) in [5, 5.41) is 7.32. The van der Waals surface area contributed by atoms with Crippen molar-refractivity contribution in [2.45, 2.75) is 6.92 Å². The first-order valence-corrected chi connectivity index (χ1v) is 0.724. The van der Waals surface area contributed by atoms with Crippen LogP contribution in [0.3, 0.4) is 0 Å². The summed E-state index contributed by atoms with van der Waals surface area (Å²) in [7, 11) is 0. The summed E-state index contributed by atoms with van der Waals surface area (Å²) in [6.45, 7) is 1.43. The molecule has 0 rings (SSSR count). The molecular formula is C2H3BF3N. The molecule has 0 aliphatic rings. The van der Waals surface area contributed by atoms with Crippen molar-refractivity contribution in [1.29, 1.82) is 5.26 Å². The van der Waals surface area contributed by atoms with Gasteiger partial charge >= 0.3 is 8.41 Å². The molecule has 0 aromatic carbocycles. The molecular weight excluding hydrogens is 106 g/mol.